The van der Waals surface area contributed by atoms with Gasteiger partial charge in [-0.3, -0.25) is 0 Å². The number of ether oxygens (including phenoxy) is 2. The molecule has 0 heterocycles. The summed E-state index contributed by atoms with van der Waals surface area (Å²) >= 11 is 6.13. The zero-order valence-electron chi connectivity index (χ0n) is 10.3. The number of benzene rings is 1. The lowest BCUT2D eigenvalue weighted by Gasteiger charge is -2.24. The van der Waals surface area contributed by atoms with Gasteiger partial charge < -0.3 is 15.2 Å². The van der Waals surface area contributed by atoms with Gasteiger partial charge in [0, 0.05) is 11.1 Å². The smallest absolute Gasteiger partial charge is 0.179 e. The van der Waals surface area contributed by atoms with Crippen LogP contribution in [0.1, 0.15) is 25.0 Å². The maximum atomic E-state index is 6.13. The van der Waals surface area contributed by atoms with Crippen molar-refractivity contribution in [3.8, 4) is 11.5 Å². The lowest BCUT2D eigenvalue weighted by atomic mass is 9.91. The fourth-order valence-corrected chi connectivity index (χ4v) is 2.08. The van der Waals surface area contributed by atoms with E-state index in [4.69, 9.17) is 26.8 Å². The van der Waals surface area contributed by atoms with Crippen molar-refractivity contribution in [2.45, 2.75) is 26.3 Å². The van der Waals surface area contributed by atoms with Crippen LogP contribution in [0.5, 0.6) is 11.5 Å². The fraction of sp³-hybridized carbons (Fsp3) is 0.500. The molecule has 0 radical (unpaired) electrons. The summed E-state index contributed by atoms with van der Waals surface area (Å²) in [6, 6.07) is 1.83. The minimum atomic E-state index is -0.465. The van der Waals surface area contributed by atoms with Gasteiger partial charge in [0.1, 0.15) is 0 Å². The molecule has 0 fully saturated rings. The van der Waals surface area contributed by atoms with Gasteiger partial charge in [0.05, 0.1) is 19.2 Å². The Morgan fingerprint density at radius 2 is 1.69 bits per heavy atom. The van der Waals surface area contributed by atoms with Crippen LogP contribution in [0.3, 0.4) is 0 Å². The zero-order chi connectivity index (χ0) is 12.5. The molecule has 2 N–H and O–H groups in total. The Bertz CT molecular complexity index is 397. The lowest BCUT2D eigenvalue weighted by molar-refractivity contribution is 0.351. The molecule has 1 aromatic rings. The maximum Gasteiger partial charge on any atom is 0.179 e. The van der Waals surface area contributed by atoms with E-state index in [2.05, 4.69) is 0 Å². The second-order valence-electron chi connectivity index (χ2n) is 4.32. The third kappa shape index (κ3) is 2.25. The first kappa shape index (κ1) is 13.1. The van der Waals surface area contributed by atoms with Gasteiger partial charge in [-0.05, 0) is 32.4 Å². The van der Waals surface area contributed by atoms with Gasteiger partial charge >= 0.3 is 0 Å². The zero-order valence-corrected chi connectivity index (χ0v) is 11.1. The number of rotatable bonds is 3. The van der Waals surface area contributed by atoms with Crippen LogP contribution in [0.2, 0.25) is 5.02 Å². The maximum absolute atomic E-state index is 6.13. The summed E-state index contributed by atoms with van der Waals surface area (Å²) in [5.41, 5.74) is 7.53. The Morgan fingerprint density at radius 3 is 2.06 bits per heavy atom. The van der Waals surface area contributed by atoms with Gasteiger partial charge in [0.15, 0.2) is 11.5 Å². The van der Waals surface area contributed by atoms with Crippen LogP contribution in [0.15, 0.2) is 6.07 Å². The average Bonchev–Trinajstić information content (AvgIpc) is 2.18. The van der Waals surface area contributed by atoms with Crippen LogP contribution in [-0.2, 0) is 5.54 Å². The largest absolute Gasteiger partial charge is 0.493 e. The molecule has 3 nitrogen and oxygen atoms in total. The Morgan fingerprint density at radius 1 is 1.19 bits per heavy atom. The Balaban J connectivity index is 3.53. The third-order valence-corrected chi connectivity index (χ3v) is 2.82. The highest BCUT2D eigenvalue weighted by molar-refractivity contribution is 6.32. The van der Waals surface area contributed by atoms with Gasteiger partial charge in [-0.15, -0.1) is 0 Å². The summed E-state index contributed by atoms with van der Waals surface area (Å²) < 4.78 is 10.5. The first-order valence-corrected chi connectivity index (χ1v) is 5.41. The van der Waals surface area contributed by atoms with Crippen molar-refractivity contribution in [1.29, 1.82) is 0 Å². The first-order valence-electron chi connectivity index (χ1n) is 5.03. The third-order valence-electron chi connectivity index (χ3n) is 2.54. The molecular weight excluding hydrogens is 226 g/mol. The van der Waals surface area contributed by atoms with Crippen molar-refractivity contribution < 1.29 is 9.47 Å². The van der Waals surface area contributed by atoms with Crippen LogP contribution in [0.25, 0.3) is 0 Å². The molecule has 0 saturated carbocycles. The van der Waals surface area contributed by atoms with E-state index in [-0.39, 0.29) is 0 Å². The Kier molecular flexibility index (Phi) is 3.71. The van der Waals surface area contributed by atoms with Crippen LogP contribution in [0, 0.1) is 6.92 Å². The molecule has 0 spiro atoms. The Labute approximate surface area is 101 Å². The topological polar surface area (TPSA) is 44.5 Å². The van der Waals surface area contributed by atoms with Crippen molar-refractivity contribution >= 4 is 11.6 Å². The van der Waals surface area contributed by atoms with Crippen molar-refractivity contribution in [2.75, 3.05) is 14.2 Å². The standard InChI is InChI=1S/C12H18ClNO2/c1-7-8(12(2,3)14)6-9(13)11(16-5)10(7)15-4/h6H,14H2,1-5H3. The van der Waals surface area contributed by atoms with Crippen LogP contribution < -0.4 is 15.2 Å². The molecule has 0 amide bonds. The summed E-state index contributed by atoms with van der Waals surface area (Å²) in [5, 5.41) is 0.512. The van der Waals surface area contributed by atoms with Crippen molar-refractivity contribution in [3.63, 3.8) is 0 Å². The summed E-state index contributed by atoms with van der Waals surface area (Å²) in [6.07, 6.45) is 0. The van der Waals surface area contributed by atoms with E-state index in [1.165, 1.54) is 0 Å². The van der Waals surface area contributed by atoms with E-state index in [1.807, 2.05) is 26.8 Å². The highest BCUT2D eigenvalue weighted by Gasteiger charge is 2.23. The van der Waals surface area contributed by atoms with Crippen molar-refractivity contribution in [2.24, 2.45) is 5.73 Å². The van der Waals surface area contributed by atoms with E-state index in [0.29, 0.717) is 16.5 Å². The van der Waals surface area contributed by atoms with Crippen LogP contribution in [0.4, 0.5) is 0 Å². The summed E-state index contributed by atoms with van der Waals surface area (Å²) in [4.78, 5) is 0. The van der Waals surface area contributed by atoms with Crippen LogP contribution in [-0.4, -0.2) is 14.2 Å². The van der Waals surface area contributed by atoms with Gasteiger partial charge in [-0.25, -0.2) is 0 Å². The molecule has 0 aliphatic carbocycles. The molecule has 0 bridgehead atoms. The average molecular weight is 244 g/mol. The van der Waals surface area contributed by atoms with E-state index in [1.54, 1.807) is 14.2 Å². The molecule has 1 aromatic carbocycles. The molecule has 16 heavy (non-hydrogen) atoms. The Hall–Kier alpha value is -0.930. The van der Waals surface area contributed by atoms with Crippen molar-refractivity contribution in [3.05, 3.63) is 22.2 Å². The quantitative estimate of drug-likeness (QED) is 0.888. The number of hydrogen-bond donors (Lipinski definition) is 1. The second-order valence-corrected chi connectivity index (χ2v) is 4.73. The lowest BCUT2D eigenvalue weighted by Crippen LogP contribution is -2.29. The van der Waals surface area contributed by atoms with E-state index in [9.17, 15) is 0 Å². The molecule has 0 unspecified atom stereocenters. The van der Waals surface area contributed by atoms with Crippen molar-refractivity contribution in [1.82, 2.24) is 0 Å². The summed E-state index contributed by atoms with van der Waals surface area (Å²) in [6.45, 7) is 5.80. The van der Waals surface area contributed by atoms with Gasteiger partial charge in [0.25, 0.3) is 0 Å². The predicted octanol–water partition coefficient (Wildman–Crippen LogP) is 2.86. The normalized spacial score (nSPS) is 11.4. The van der Waals surface area contributed by atoms with E-state index >= 15 is 0 Å². The highest BCUT2D eigenvalue weighted by Crippen LogP contribution is 2.41. The molecule has 0 saturated heterocycles. The molecular formula is C12H18ClNO2. The second kappa shape index (κ2) is 4.52. The molecule has 0 aliphatic rings. The fourth-order valence-electron chi connectivity index (χ4n) is 1.81. The molecule has 0 aliphatic heterocycles. The molecule has 0 atom stereocenters. The summed E-state index contributed by atoms with van der Waals surface area (Å²) in [5.74, 6) is 1.19. The molecule has 0 aromatic heterocycles. The number of methoxy groups -OCH3 is 2. The SMILES string of the molecule is COc1c(Cl)cc(C(C)(C)N)c(C)c1OC. The predicted molar refractivity (Wildman–Crippen MR) is 66.5 cm³/mol. The van der Waals surface area contributed by atoms with Gasteiger partial charge in [-0.1, -0.05) is 11.6 Å². The van der Waals surface area contributed by atoms with E-state index in [0.717, 1.165) is 11.1 Å². The number of nitrogens with two attached hydrogens (primary N) is 1. The van der Waals surface area contributed by atoms with Crippen LogP contribution >= 0.6 is 11.6 Å². The molecule has 90 valence electrons. The highest BCUT2D eigenvalue weighted by atomic mass is 35.5. The van der Waals surface area contributed by atoms with Gasteiger partial charge in [0.2, 0.25) is 0 Å². The minimum absolute atomic E-state index is 0.465. The molecule has 4 heteroatoms. The van der Waals surface area contributed by atoms with Gasteiger partial charge in [-0.2, -0.15) is 0 Å². The summed E-state index contributed by atoms with van der Waals surface area (Å²) in [7, 11) is 3.16. The number of halogens is 1. The molecule has 1 rings (SSSR count). The number of hydrogen-bond acceptors (Lipinski definition) is 3. The monoisotopic (exact) mass is 243 g/mol. The first-order chi connectivity index (χ1) is 7.32. The minimum Gasteiger partial charge on any atom is -0.493 e. The van der Waals surface area contributed by atoms with E-state index < -0.39 is 5.54 Å².